The highest BCUT2D eigenvalue weighted by Crippen LogP contribution is 2.42. The maximum absolute atomic E-state index is 12.5. The minimum absolute atomic E-state index is 0.111. The van der Waals surface area contributed by atoms with E-state index in [0.717, 1.165) is 41.0 Å². The Bertz CT molecular complexity index is 893. The first kappa shape index (κ1) is 13.1. The van der Waals surface area contributed by atoms with Gasteiger partial charge in [0.2, 0.25) is 0 Å². The molecule has 1 unspecified atom stereocenters. The van der Waals surface area contributed by atoms with Crippen LogP contribution in [0.2, 0.25) is 0 Å². The Morgan fingerprint density at radius 1 is 1.52 bits per heavy atom. The molecule has 0 bridgehead atoms. The van der Waals surface area contributed by atoms with E-state index < -0.39 is 0 Å². The van der Waals surface area contributed by atoms with E-state index in [1.54, 1.807) is 17.6 Å². The fraction of sp³-hybridized carbons (Fsp3) is 0.333. The monoisotopic (exact) mass is 320 g/mol. The highest BCUT2D eigenvalue weighted by molar-refractivity contribution is 7.19. The Kier molecular flexibility index (Phi) is 2.94. The van der Waals surface area contributed by atoms with Crippen LogP contribution in [0.1, 0.15) is 35.2 Å². The Hall–Kier alpha value is -1.59. The van der Waals surface area contributed by atoms with E-state index in [1.165, 1.54) is 4.88 Å². The summed E-state index contributed by atoms with van der Waals surface area (Å²) in [6.07, 6.45) is 4.18. The molecule has 3 aromatic rings. The quantitative estimate of drug-likeness (QED) is 0.725. The molecular weight excluding hydrogens is 308 g/mol. The van der Waals surface area contributed by atoms with E-state index in [0.29, 0.717) is 11.2 Å². The number of nitrogens with zero attached hydrogens (tertiary/aromatic N) is 1. The number of aromatic nitrogens is 2. The summed E-state index contributed by atoms with van der Waals surface area (Å²) in [5.74, 6) is 1.51. The van der Waals surface area contributed by atoms with Gasteiger partial charge in [-0.3, -0.25) is 4.79 Å². The lowest BCUT2D eigenvalue weighted by molar-refractivity contribution is 0.508. The van der Waals surface area contributed by atoms with E-state index in [-0.39, 0.29) is 10.9 Å². The number of rotatable bonds is 2. The van der Waals surface area contributed by atoms with E-state index in [4.69, 9.17) is 16.0 Å². The molecule has 6 heteroatoms. The van der Waals surface area contributed by atoms with Crippen LogP contribution in [-0.2, 0) is 12.8 Å². The molecule has 0 aromatic carbocycles. The van der Waals surface area contributed by atoms with Crippen molar-refractivity contribution in [3.8, 4) is 11.1 Å². The molecule has 4 rings (SSSR count). The second-order valence-corrected chi connectivity index (χ2v) is 6.78. The first-order chi connectivity index (χ1) is 10.2. The molecule has 3 heterocycles. The molecule has 1 N–H and O–H groups in total. The zero-order valence-electron chi connectivity index (χ0n) is 11.4. The number of thiophene rings is 1. The van der Waals surface area contributed by atoms with Gasteiger partial charge in [0.1, 0.15) is 16.4 Å². The van der Waals surface area contributed by atoms with Gasteiger partial charge >= 0.3 is 0 Å². The number of fused-ring (bicyclic) bond motifs is 5. The third kappa shape index (κ3) is 1.88. The minimum Gasteiger partial charge on any atom is -0.469 e. The van der Waals surface area contributed by atoms with Crippen molar-refractivity contribution in [1.82, 2.24) is 9.97 Å². The van der Waals surface area contributed by atoms with Gasteiger partial charge in [0.15, 0.2) is 0 Å². The van der Waals surface area contributed by atoms with E-state index in [1.807, 2.05) is 13.0 Å². The average molecular weight is 321 g/mol. The SMILES string of the molecule is CCC(Cl)c1nc2sc3c(c2c(=O)[nH]1)-c1ccoc1CC3. The van der Waals surface area contributed by atoms with E-state index in [2.05, 4.69) is 9.97 Å². The number of aryl methyl sites for hydroxylation is 2. The van der Waals surface area contributed by atoms with E-state index in [9.17, 15) is 4.79 Å². The third-order valence-electron chi connectivity index (χ3n) is 3.90. The van der Waals surface area contributed by atoms with Crippen molar-refractivity contribution in [3.63, 3.8) is 0 Å². The summed E-state index contributed by atoms with van der Waals surface area (Å²) in [5.41, 5.74) is 1.91. The summed E-state index contributed by atoms with van der Waals surface area (Å²) < 4.78 is 5.50. The van der Waals surface area contributed by atoms with Crippen LogP contribution in [0.5, 0.6) is 0 Å². The van der Waals surface area contributed by atoms with Crippen LogP contribution in [0.3, 0.4) is 0 Å². The first-order valence-electron chi connectivity index (χ1n) is 6.95. The smallest absolute Gasteiger partial charge is 0.260 e. The summed E-state index contributed by atoms with van der Waals surface area (Å²) >= 11 is 7.80. The Morgan fingerprint density at radius 3 is 3.19 bits per heavy atom. The summed E-state index contributed by atoms with van der Waals surface area (Å²) in [6, 6.07) is 1.93. The lowest BCUT2D eigenvalue weighted by atomic mass is 9.95. The molecule has 0 saturated heterocycles. The van der Waals surface area contributed by atoms with Crippen molar-refractivity contribution < 1.29 is 4.42 Å². The maximum Gasteiger partial charge on any atom is 0.260 e. The number of H-pyrrole nitrogens is 1. The lowest BCUT2D eigenvalue weighted by Gasteiger charge is -2.10. The maximum atomic E-state index is 12.5. The molecule has 0 aliphatic heterocycles. The fourth-order valence-corrected chi connectivity index (χ4v) is 4.15. The predicted molar refractivity (Wildman–Crippen MR) is 84.2 cm³/mol. The van der Waals surface area contributed by atoms with Gasteiger partial charge in [-0.2, -0.15) is 0 Å². The van der Waals surface area contributed by atoms with Crippen molar-refractivity contribution in [2.24, 2.45) is 0 Å². The standard InChI is InChI=1S/C15H13ClN2O2S/c1-2-8(16)13-17-14(19)12-11-7-5-6-20-9(7)3-4-10(11)21-15(12)18-13/h5-6,8H,2-4H2,1H3,(H,17,18,19). The molecule has 3 aromatic heterocycles. The number of aromatic amines is 1. The summed E-state index contributed by atoms with van der Waals surface area (Å²) in [5, 5.41) is 0.409. The normalized spacial score (nSPS) is 15.0. The van der Waals surface area contributed by atoms with Gasteiger partial charge in [-0.15, -0.1) is 22.9 Å². The van der Waals surface area contributed by atoms with E-state index >= 15 is 0 Å². The number of hydrogen-bond donors (Lipinski definition) is 1. The highest BCUT2D eigenvalue weighted by Gasteiger charge is 2.26. The summed E-state index contributed by atoms with van der Waals surface area (Å²) in [6.45, 7) is 1.97. The van der Waals surface area contributed by atoms with Crippen LogP contribution in [0, 0.1) is 0 Å². The topological polar surface area (TPSA) is 58.9 Å². The van der Waals surface area contributed by atoms with Crippen LogP contribution in [-0.4, -0.2) is 9.97 Å². The molecule has 0 fully saturated rings. The van der Waals surface area contributed by atoms with Gasteiger partial charge in [-0.25, -0.2) is 4.98 Å². The highest BCUT2D eigenvalue weighted by atomic mass is 35.5. The van der Waals surface area contributed by atoms with Gasteiger partial charge in [0.25, 0.3) is 5.56 Å². The summed E-state index contributed by atoms with van der Waals surface area (Å²) in [7, 11) is 0. The Morgan fingerprint density at radius 2 is 2.38 bits per heavy atom. The molecule has 1 atom stereocenters. The molecule has 0 spiro atoms. The predicted octanol–water partition coefficient (Wildman–Crippen LogP) is 4.03. The van der Waals surface area contributed by atoms with Gasteiger partial charge in [-0.05, 0) is 18.9 Å². The third-order valence-corrected chi connectivity index (χ3v) is 5.56. The molecule has 4 nitrogen and oxygen atoms in total. The fourth-order valence-electron chi connectivity index (χ4n) is 2.86. The van der Waals surface area contributed by atoms with Crippen molar-refractivity contribution in [1.29, 1.82) is 0 Å². The molecule has 0 amide bonds. The zero-order valence-corrected chi connectivity index (χ0v) is 13.0. The summed E-state index contributed by atoms with van der Waals surface area (Å²) in [4.78, 5) is 21.9. The molecule has 21 heavy (non-hydrogen) atoms. The van der Waals surface area contributed by atoms with Gasteiger partial charge < -0.3 is 9.40 Å². The second-order valence-electron chi connectivity index (χ2n) is 5.16. The number of nitrogens with one attached hydrogen (secondary N) is 1. The Labute approximate surface area is 129 Å². The number of furan rings is 1. The van der Waals surface area contributed by atoms with Crippen LogP contribution < -0.4 is 5.56 Å². The molecule has 0 saturated carbocycles. The van der Waals surface area contributed by atoms with Crippen molar-refractivity contribution in [2.75, 3.05) is 0 Å². The van der Waals surface area contributed by atoms with Crippen LogP contribution in [0.25, 0.3) is 21.3 Å². The van der Waals surface area contributed by atoms with Crippen molar-refractivity contribution >= 4 is 33.2 Å². The molecule has 108 valence electrons. The average Bonchev–Trinajstić information content (AvgIpc) is 3.08. The lowest BCUT2D eigenvalue weighted by Crippen LogP contribution is -2.13. The number of hydrogen-bond acceptors (Lipinski definition) is 4. The molecular formula is C15H13ClN2O2S. The number of alkyl halides is 1. The molecule has 1 aliphatic carbocycles. The Balaban J connectivity index is 2.03. The van der Waals surface area contributed by atoms with Gasteiger partial charge in [-0.1, -0.05) is 6.92 Å². The van der Waals surface area contributed by atoms with Gasteiger partial charge in [0, 0.05) is 22.4 Å². The second kappa shape index (κ2) is 4.71. The van der Waals surface area contributed by atoms with Crippen LogP contribution in [0.4, 0.5) is 0 Å². The number of halogens is 1. The largest absolute Gasteiger partial charge is 0.469 e. The molecule has 1 aliphatic rings. The minimum atomic E-state index is -0.259. The van der Waals surface area contributed by atoms with Crippen molar-refractivity contribution in [3.05, 3.63) is 39.1 Å². The first-order valence-corrected chi connectivity index (χ1v) is 8.20. The van der Waals surface area contributed by atoms with Crippen LogP contribution in [0.15, 0.2) is 21.5 Å². The van der Waals surface area contributed by atoms with Gasteiger partial charge in [0.05, 0.1) is 17.0 Å². The van der Waals surface area contributed by atoms with Crippen molar-refractivity contribution in [2.45, 2.75) is 31.6 Å². The van der Waals surface area contributed by atoms with Crippen LogP contribution >= 0.6 is 22.9 Å². The zero-order chi connectivity index (χ0) is 14.6. The molecule has 0 radical (unpaired) electrons.